The van der Waals surface area contributed by atoms with Gasteiger partial charge in [0.15, 0.2) is 11.6 Å². The Kier molecular flexibility index (Phi) is 6.88. The van der Waals surface area contributed by atoms with E-state index >= 15 is 4.39 Å². The van der Waals surface area contributed by atoms with E-state index in [-0.39, 0.29) is 42.8 Å². The summed E-state index contributed by atoms with van der Waals surface area (Å²) in [6, 6.07) is 12.1. The Morgan fingerprint density at radius 3 is 2.70 bits per heavy atom. The molecule has 208 valence electrons. The Morgan fingerprint density at radius 1 is 1.12 bits per heavy atom. The minimum absolute atomic E-state index is 0.0309. The van der Waals surface area contributed by atoms with Crippen LogP contribution in [0.3, 0.4) is 0 Å². The molecule has 1 saturated heterocycles. The van der Waals surface area contributed by atoms with Crippen molar-refractivity contribution >= 4 is 16.8 Å². The number of rotatable bonds is 7. The molecule has 1 saturated carbocycles. The molecular weight excluding hydrogens is 517 g/mol. The second kappa shape index (κ2) is 10.4. The molecule has 2 N–H and O–H groups in total. The highest BCUT2D eigenvalue weighted by Gasteiger charge is 2.48. The number of aromatic nitrogens is 2. The number of benzene rings is 2. The average molecular weight is 549 g/mol. The van der Waals surface area contributed by atoms with E-state index in [9.17, 15) is 18.7 Å². The fraction of sp³-hybridized carbons (Fsp3) is 0.355. The van der Waals surface area contributed by atoms with Crippen LogP contribution in [-0.2, 0) is 23.5 Å². The number of aliphatic hydroxyl groups is 1. The van der Waals surface area contributed by atoms with Gasteiger partial charge in [-0.2, -0.15) is 0 Å². The van der Waals surface area contributed by atoms with Crippen LogP contribution in [0.4, 0.5) is 13.2 Å². The van der Waals surface area contributed by atoms with Crippen LogP contribution in [0.1, 0.15) is 41.6 Å². The second-order valence-corrected chi connectivity index (χ2v) is 11.0. The lowest BCUT2D eigenvalue weighted by Gasteiger charge is -2.42. The van der Waals surface area contributed by atoms with Crippen molar-refractivity contribution in [3.63, 3.8) is 0 Å². The van der Waals surface area contributed by atoms with Gasteiger partial charge in [-0.05, 0) is 85.8 Å². The molecule has 2 fully saturated rings. The Labute approximate surface area is 230 Å². The van der Waals surface area contributed by atoms with E-state index in [0.29, 0.717) is 24.0 Å². The summed E-state index contributed by atoms with van der Waals surface area (Å²) in [5, 5.41) is 15.4. The maximum atomic E-state index is 15.3. The van der Waals surface area contributed by atoms with E-state index in [1.54, 1.807) is 17.2 Å². The van der Waals surface area contributed by atoms with Gasteiger partial charge in [0.25, 0.3) is 0 Å². The summed E-state index contributed by atoms with van der Waals surface area (Å²) in [6.07, 6.45) is 5.44. The monoisotopic (exact) mass is 548 g/mol. The molecule has 1 amide bonds. The minimum atomic E-state index is -1.66. The van der Waals surface area contributed by atoms with Gasteiger partial charge in [0, 0.05) is 49.1 Å². The highest BCUT2D eigenvalue weighted by atomic mass is 19.2. The second-order valence-electron chi connectivity index (χ2n) is 11.0. The van der Waals surface area contributed by atoms with Gasteiger partial charge in [-0.1, -0.05) is 12.1 Å². The van der Waals surface area contributed by atoms with Crippen molar-refractivity contribution in [3.05, 3.63) is 101 Å². The number of fused-ring (bicyclic) bond motifs is 1. The third-order valence-corrected chi connectivity index (χ3v) is 8.18. The summed E-state index contributed by atoms with van der Waals surface area (Å²) in [6.45, 7) is 3.23. The quantitative estimate of drug-likeness (QED) is 0.348. The molecule has 0 radical (unpaired) electrons. The first-order valence-corrected chi connectivity index (χ1v) is 13.6. The van der Waals surface area contributed by atoms with E-state index in [4.69, 9.17) is 0 Å². The molecule has 0 unspecified atom stereocenters. The number of halogens is 3. The third kappa shape index (κ3) is 4.88. The van der Waals surface area contributed by atoms with Crippen LogP contribution < -0.4 is 5.32 Å². The number of nitrogens with one attached hydrogen (secondary N) is 1. The smallest absolute Gasteiger partial charge is 0.230 e. The topological polar surface area (TPSA) is 70.4 Å². The van der Waals surface area contributed by atoms with Crippen LogP contribution in [0.5, 0.6) is 0 Å². The fourth-order valence-corrected chi connectivity index (χ4v) is 5.97. The van der Waals surface area contributed by atoms with Crippen molar-refractivity contribution in [1.29, 1.82) is 0 Å². The minimum Gasteiger partial charge on any atom is -0.384 e. The highest BCUT2D eigenvalue weighted by Crippen LogP contribution is 2.40. The first-order valence-electron chi connectivity index (χ1n) is 13.6. The van der Waals surface area contributed by atoms with Gasteiger partial charge < -0.3 is 19.9 Å². The van der Waals surface area contributed by atoms with Crippen LogP contribution in [0.25, 0.3) is 10.9 Å². The lowest BCUT2D eigenvalue weighted by Crippen LogP contribution is -2.55. The van der Waals surface area contributed by atoms with E-state index in [2.05, 4.69) is 10.3 Å². The van der Waals surface area contributed by atoms with Crippen molar-refractivity contribution in [3.8, 4) is 0 Å². The van der Waals surface area contributed by atoms with E-state index in [0.717, 1.165) is 41.7 Å². The molecule has 2 aromatic heterocycles. The Hall–Kier alpha value is -3.69. The van der Waals surface area contributed by atoms with Crippen molar-refractivity contribution in [2.45, 2.75) is 50.9 Å². The molecule has 3 heterocycles. The van der Waals surface area contributed by atoms with Gasteiger partial charge in [0.05, 0.1) is 11.4 Å². The molecular formula is C31H31F3N4O2. The number of pyridine rings is 1. The van der Waals surface area contributed by atoms with Crippen molar-refractivity contribution in [2.75, 3.05) is 13.1 Å². The molecule has 9 heteroatoms. The predicted molar refractivity (Wildman–Crippen MR) is 145 cm³/mol. The van der Waals surface area contributed by atoms with Crippen molar-refractivity contribution in [1.82, 2.24) is 19.8 Å². The van der Waals surface area contributed by atoms with Gasteiger partial charge in [-0.25, -0.2) is 13.2 Å². The molecule has 0 bridgehead atoms. The predicted octanol–water partition coefficient (Wildman–Crippen LogP) is 4.80. The summed E-state index contributed by atoms with van der Waals surface area (Å²) < 4.78 is 45.1. The lowest BCUT2D eigenvalue weighted by atomic mass is 9.75. The summed E-state index contributed by atoms with van der Waals surface area (Å²) in [5.41, 5.74) is 1.84. The Morgan fingerprint density at radius 2 is 1.95 bits per heavy atom. The van der Waals surface area contributed by atoms with E-state index in [1.807, 2.05) is 35.9 Å². The number of amides is 1. The zero-order valence-electron chi connectivity index (χ0n) is 22.2. The molecule has 2 aliphatic rings. The number of hydrogen-bond donors (Lipinski definition) is 2. The van der Waals surface area contributed by atoms with Crippen molar-refractivity contribution in [2.24, 2.45) is 5.92 Å². The number of aryl methyl sites for hydroxylation is 1. The van der Waals surface area contributed by atoms with E-state index in [1.165, 1.54) is 12.1 Å². The van der Waals surface area contributed by atoms with Crippen LogP contribution in [0.2, 0.25) is 0 Å². The molecule has 1 aliphatic heterocycles. The molecule has 6 rings (SSSR count). The molecule has 1 aliphatic carbocycles. The molecule has 4 aromatic rings. The summed E-state index contributed by atoms with van der Waals surface area (Å²) in [4.78, 5) is 20.1. The number of carbonyl (C=O) groups excluding carboxylic acids is 1. The molecule has 6 nitrogen and oxygen atoms in total. The summed E-state index contributed by atoms with van der Waals surface area (Å²) in [5.74, 6) is -3.64. The largest absolute Gasteiger partial charge is 0.384 e. The normalized spacial score (nSPS) is 21.1. The van der Waals surface area contributed by atoms with Gasteiger partial charge in [-0.15, -0.1) is 0 Å². The van der Waals surface area contributed by atoms with Crippen LogP contribution in [0.15, 0.2) is 60.9 Å². The Balaban J connectivity index is 1.35. The van der Waals surface area contributed by atoms with Gasteiger partial charge in [0.1, 0.15) is 11.4 Å². The molecule has 40 heavy (non-hydrogen) atoms. The van der Waals surface area contributed by atoms with Gasteiger partial charge >= 0.3 is 0 Å². The zero-order chi connectivity index (χ0) is 28.0. The average Bonchev–Trinajstić information content (AvgIpc) is 3.71. The number of carbonyl (C=O) groups is 1. The first-order chi connectivity index (χ1) is 19.2. The molecule has 2 atom stereocenters. The van der Waals surface area contributed by atoms with Crippen LogP contribution >= 0.6 is 0 Å². The fourth-order valence-electron chi connectivity index (χ4n) is 5.97. The summed E-state index contributed by atoms with van der Waals surface area (Å²) in [7, 11) is 0. The van der Waals surface area contributed by atoms with E-state index < -0.39 is 23.2 Å². The van der Waals surface area contributed by atoms with Gasteiger partial charge in [0.2, 0.25) is 5.91 Å². The maximum Gasteiger partial charge on any atom is 0.230 e. The third-order valence-electron chi connectivity index (χ3n) is 8.18. The first kappa shape index (κ1) is 26.5. The SMILES string of the molecule is Cc1cc(Cn2cc(CN(C(=O)[C@H]3CNCC[C@]3(O)c3ccc(F)c(F)c3)C3CC3)c3c(F)cccc32)ccn1. The van der Waals surface area contributed by atoms with Crippen LogP contribution in [0, 0.1) is 30.3 Å². The number of piperidine rings is 1. The standard InChI is InChI=1S/C31H31F3N4O2/c1-19-13-20(9-11-36-19)16-37-17-21(29-26(33)3-2-4-28(29)37)18-38(23-6-7-23)30(39)24-15-35-12-10-31(24,40)22-5-8-25(32)27(34)14-22/h2-5,8-9,11,13-14,17,23-24,35,40H,6-7,10,12,15-16,18H2,1H3/t24-,31+/m1/s1. The number of nitrogens with zero attached hydrogens (tertiary/aromatic N) is 3. The van der Waals surface area contributed by atoms with Gasteiger partial charge in [-0.3, -0.25) is 9.78 Å². The van der Waals surface area contributed by atoms with Crippen molar-refractivity contribution < 1.29 is 23.1 Å². The highest BCUT2D eigenvalue weighted by molar-refractivity contribution is 5.86. The maximum absolute atomic E-state index is 15.3. The Bertz CT molecular complexity index is 1580. The van der Waals surface area contributed by atoms with Crippen LogP contribution in [-0.4, -0.2) is 44.6 Å². The number of hydrogen-bond acceptors (Lipinski definition) is 4. The lowest BCUT2D eigenvalue weighted by molar-refractivity contribution is -0.150. The molecule has 2 aromatic carbocycles. The summed E-state index contributed by atoms with van der Waals surface area (Å²) >= 11 is 0. The molecule has 0 spiro atoms. The zero-order valence-corrected chi connectivity index (χ0v) is 22.2.